The fourth-order valence-electron chi connectivity index (χ4n) is 3.22. The van der Waals surface area contributed by atoms with Gasteiger partial charge in [-0.1, -0.05) is 42.4 Å². The van der Waals surface area contributed by atoms with E-state index in [4.69, 9.17) is 11.6 Å². The number of anilines is 2. The summed E-state index contributed by atoms with van der Waals surface area (Å²) < 4.78 is 14.0. The van der Waals surface area contributed by atoms with Crippen molar-refractivity contribution in [1.29, 1.82) is 0 Å². The van der Waals surface area contributed by atoms with Crippen LogP contribution in [0.1, 0.15) is 13.3 Å². The molecule has 1 aromatic heterocycles. The number of benzene rings is 1. The molecule has 0 unspecified atom stereocenters. The summed E-state index contributed by atoms with van der Waals surface area (Å²) in [7, 11) is 1.96. The maximum absolute atomic E-state index is 14.0. The molecule has 0 bridgehead atoms. The van der Waals surface area contributed by atoms with Crippen LogP contribution in [-0.4, -0.2) is 66.3 Å². The minimum atomic E-state index is -0.232. The minimum absolute atomic E-state index is 0.0234. The maximum Gasteiger partial charge on any atom is 0.233 e. The molecule has 0 aliphatic carbocycles. The monoisotopic (exact) mass is 437 g/mol. The Labute approximate surface area is 180 Å². The van der Waals surface area contributed by atoms with Gasteiger partial charge in [-0.25, -0.2) is 14.4 Å². The molecule has 0 N–H and O–H groups in total. The largest absolute Gasteiger partial charge is 0.366 e. The highest BCUT2D eigenvalue weighted by molar-refractivity contribution is 7.99. The van der Waals surface area contributed by atoms with Gasteiger partial charge in [-0.3, -0.25) is 4.79 Å². The van der Waals surface area contributed by atoms with Gasteiger partial charge in [0.15, 0.2) is 5.16 Å². The number of nitrogens with zero attached hydrogens (tertiary/aromatic N) is 5. The van der Waals surface area contributed by atoms with Gasteiger partial charge in [-0.15, -0.1) is 0 Å². The van der Waals surface area contributed by atoms with Gasteiger partial charge in [0, 0.05) is 45.8 Å². The number of piperazine rings is 1. The molecule has 1 amide bonds. The molecule has 2 heterocycles. The fraction of sp³-hybridized carbons (Fsp3) is 0.450. The second-order valence-corrected chi connectivity index (χ2v) is 8.19. The lowest BCUT2D eigenvalue weighted by Crippen LogP contribution is -2.49. The Morgan fingerprint density at radius 2 is 1.97 bits per heavy atom. The summed E-state index contributed by atoms with van der Waals surface area (Å²) in [6.07, 6.45) is 0.998. The third kappa shape index (κ3) is 5.73. The van der Waals surface area contributed by atoms with Crippen molar-refractivity contribution in [3.05, 3.63) is 41.3 Å². The number of thioether (sulfide) groups is 1. The van der Waals surface area contributed by atoms with Gasteiger partial charge in [-0.2, -0.15) is 0 Å². The second-order valence-electron chi connectivity index (χ2n) is 6.86. The number of hydrogen-bond donors (Lipinski definition) is 0. The van der Waals surface area contributed by atoms with Crippen molar-refractivity contribution < 1.29 is 9.18 Å². The highest BCUT2D eigenvalue weighted by atomic mass is 35.5. The first-order chi connectivity index (χ1) is 14.0. The summed E-state index contributed by atoms with van der Waals surface area (Å²) in [6, 6.07) is 8.46. The second kappa shape index (κ2) is 10.1. The number of para-hydroxylation sites is 1. The predicted molar refractivity (Wildman–Crippen MR) is 117 cm³/mol. The molecule has 29 heavy (non-hydrogen) atoms. The molecule has 1 aliphatic rings. The van der Waals surface area contributed by atoms with Crippen LogP contribution >= 0.6 is 23.4 Å². The zero-order valence-corrected chi connectivity index (χ0v) is 18.2. The normalized spacial score (nSPS) is 14.2. The van der Waals surface area contributed by atoms with Crippen molar-refractivity contribution >= 4 is 40.8 Å². The summed E-state index contributed by atoms with van der Waals surface area (Å²) in [5.74, 6) is 0.789. The molecule has 0 spiro atoms. The molecule has 0 radical (unpaired) electrons. The number of hydrogen-bond acceptors (Lipinski definition) is 6. The molecule has 156 valence electrons. The lowest BCUT2D eigenvalue weighted by molar-refractivity contribution is -0.128. The summed E-state index contributed by atoms with van der Waals surface area (Å²) >= 11 is 7.41. The number of halogens is 2. The highest BCUT2D eigenvalue weighted by Crippen LogP contribution is 2.23. The van der Waals surface area contributed by atoms with Crippen molar-refractivity contribution in [3.63, 3.8) is 0 Å². The highest BCUT2D eigenvalue weighted by Gasteiger charge is 2.23. The lowest BCUT2D eigenvalue weighted by Gasteiger charge is -2.36. The first-order valence-corrected chi connectivity index (χ1v) is 11.0. The van der Waals surface area contributed by atoms with Crippen LogP contribution in [0.25, 0.3) is 0 Å². The molecule has 1 fully saturated rings. The number of amides is 1. The van der Waals surface area contributed by atoms with Crippen molar-refractivity contribution in [2.75, 3.05) is 55.3 Å². The van der Waals surface area contributed by atoms with Crippen molar-refractivity contribution in [1.82, 2.24) is 14.9 Å². The average Bonchev–Trinajstić information content (AvgIpc) is 2.72. The smallest absolute Gasteiger partial charge is 0.233 e. The number of carbonyl (C=O) groups excluding carboxylic acids is 1. The van der Waals surface area contributed by atoms with Crippen LogP contribution in [0.2, 0.25) is 5.15 Å². The molecule has 0 saturated carbocycles. The van der Waals surface area contributed by atoms with Crippen LogP contribution in [-0.2, 0) is 4.79 Å². The van der Waals surface area contributed by atoms with Crippen LogP contribution in [0.4, 0.5) is 15.9 Å². The Morgan fingerprint density at radius 1 is 1.24 bits per heavy atom. The predicted octanol–water partition coefficient (Wildman–Crippen LogP) is 3.56. The molecular formula is C20H25ClFN5OS. The fourth-order valence-corrected chi connectivity index (χ4v) is 4.20. The number of rotatable bonds is 7. The zero-order valence-electron chi connectivity index (χ0n) is 16.6. The van der Waals surface area contributed by atoms with Gasteiger partial charge in [-0.05, 0) is 18.6 Å². The van der Waals surface area contributed by atoms with Crippen molar-refractivity contribution in [2.24, 2.45) is 0 Å². The van der Waals surface area contributed by atoms with E-state index in [0.29, 0.717) is 42.2 Å². The van der Waals surface area contributed by atoms with E-state index in [0.717, 1.165) is 18.8 Å². The molecular weight excluding hydrogens is 413 g/mol. The number of carbonyl (C=O) groups is 1. The average molecular weight is 438 g/mol. The molecule has 1 aliphatic heterocycles. The van der Waals surface area contributed by atoms with E-state index >= 15 is 0 Å². The molecule has 1 aromatic carbocycles. The van der Waals surface area contributed by atoms with Gasteiger partial charge in [0.05, 0.1) is 11.4 Å². The molecule has 9 heteroatoms. The van der Waals surface area contributed by atoms with E-state index < -0.39 is 0 Å². The summed E-state index contributed by atoms with van der Waals surface area (Å²) in [4.78, 5) is 27.1. The number of aromatic nitrogens is 2. The van der Waals surface area contributed by atoms with Gasteiger partial charge < -0.3 is 14.7 Å². The molecule has 6 nitrogen and oxygen atoms in total. The van der Waals surface area contributed by atoms with E-state index in [2.05, 4.69) is 16.9 Å². The Morgan fingerprint density at radius 3 is 2.66 bits per heavy atom. The van der Waals surface area contributed by atoms with Crippen LogP contribution in [0, 0.1) is 5.82 Å². The van der Waals surface area contributed by atoms with Crippen molar-refractivity contribution in [3.8, 4) is 0 Å². The summed E-state index contributed by atoms with van der Waals surface area (Å²) in [6.45, 7) is 5.30. The van der Waals surface area contributed by atoms with Gasteiger partial charge in [0.25, 0.3) is 0 Å². The lowest BCUT2D eigenvalue weighted by atomic mass is 10.2. The van der Waals surface area contributed by atoms with Gasteiger partial charge >= 0.3 is 0 Å². The topological polar surface area (TPSA) is 52.6 Å². The van der Waals surface area contributed by atoms with E-state index in [1.807, 2.05) is 22.9 Å². The van der Waals surface area contributed by atoms with Gasteiger partial charge in [0.2, 0.25) is 5.91 Å². The first-order valence-electron chi connectivity index (χ1n) is 9.63. The first kappa shape index (κ1) is 21.6. The van der Waals surface area contributed by atoms with Crippen LogP contribution in [0.5, 0.6) is 0 Å². The Hall–Kier alpha value is -2.06. The summed E-state index contributed by atoms with van der Waals surface area (Å²) in [5.41, 5.74) is 0.588. The Bertz CT molecular complexity index is 847. The third-order valence-electron chi connectivity index (χ3n) is 4.76. The van der Waals surface area contributed by atoms with E-state index in [1.165, 1.54) is 17.8 Å². The summed E-state index contributed by atoms with van der Waals surface area (Å²) in [5, 5.41) is 0.861. The van der Waals surface area contributed by atoms with Crippen molar-refractivity contribution in [2.45, 2.75) is 18.5 Å². The molecule has 1 saturated heterocycles. The van der Waals surface area contributed by atoms with Crippen LogP contribution < -0.4 is 9.80 Å². The van der Waals surface area contributed by atoms with Gasteiger partial charge in [0.1, 0.15) is 16.8 Å². The standard InChI is InChI=1S/C20H25ClFN5OS/c1-3-8-25(2)18-13-17(21)23-20(24-18)29-14-19(28)27-11-9-26(10-12-27)16-7-5-4-6-15(16)22/h4-7,13H,3,8-12,14H2,1-2H3. The van der Waals surface area contributed by atoms with E-state index in [-0.39, 0.29) is 17.5 Å². The Kier molecular flexibility index (Phi) is 7.55. The maximum atomic E-state index is 14.0. The quantitative estimate of drug-likeness (QED) is 0.375. The van der Waals surface area contributed by atoms with Crippen LogP contribution in [0.3, 0.4) is 0 Å². The van der Waals surface area contributed by atoms with E-state index in [1.54, 1.807) is 23.1 Å². The minimum Gasteiger partial charge on any atom is -0.366 e. The SMILES string of the molecule is CCCN(C)c1cc(Cl)nc(SCC(=O)N2CCN(c3ccccc3F)CC2)n1. The third-order valence-corrected chi connectivity index (χ3v) is 5.79. The Balaban J connectivity index is 1.53. The molecule has 2 aromatic rings. The van der Waals surface area contributed by atoms with Crippen LogP contribution in [0.15, 0.2) is 35.5 Å². The van der Waals surface area contributed by atoms with E-state index in [9.17, 15) is 9.18 Å². The zero-order chi connectivity index (χ0) is 20.8. The molecule has 0 atom stereocenters. The molecule has 3 rings (SSSR count).